The smallest absolute Gasteiger partial charge is 0.274 e. The number of para-hydroxylation sites is 1. The van der Waals surface area contributed by atoms with Crippen LogP contribution in [0.1, 0.15) is 18.9 Å². The summed E-state index contributed by atoms with van der Waals surface area (Å²) in [5.74, 6) is 1.36. The SMILES string of the molecule is C[C@@H]1CCc2ccccc2N1CC(=O)N1CCN(c2cccc[nH+]2)CC1. The van der Waals surface area contributed by atoms with Crippen molar-refractivity contribution in [2.75, 3.05) is 42.5 Å². The largest absolute Gasteiger partial charge is 0.359 e. The van der Waals surface area contributed by atoms with Gasteiger partial charge in [-0.3, -0.25) is 9.69 Å². The van der Waals surface area contributed by atoms with Crippen molar-refractivity contribution >= 4 is 17.4 Å². The highest BCUT2D eigenvalue weighted by molar-refractivity contribution is 5.82. The van der Waals surface area contributed by atoms with Crippen LogP contribution in [0.4, 0.5) is 11.5 Å². The van der Waals surface area contributed by atoms with Gasteiger partial charge < -0.3 is 9.80 Å². The lowest BCUT2D eigenvalue weighted by Gasteiger charge is -2.38. The third kappa shape index (κ3) is 3.39. The van der Waals surface area contributed by atoms with Crippen molar-refractivity contribution in [2.45, 2.75) is 25.8 Å². The van der Waals surface area contributed by atoms with Gasteiger partial charge in [-0.25, -0.2) is 4.98 Å². The number of fused-ring (bicyclic) bond motifs is 1. The molecule has 1 fully saturated rings. The van der Waals surface area contributed by atoms with Gasteiger partial charge in [-0.1, -0.05) is 24.3 Å². The van der Waals surface area contributed by atoms with E-state index in [-0.39, 0.29) is 5.91 Å². The Morgan fingerprint density at radius 2 is 1.85 bits per heavy atom. The number of anilines is 2. The van der Waals surface area contributed by atoms with Gasteiger partial charge in [-0.15, -0.1) is 0 Å². The lowest BCUT2D eigenvalue weighted by Crippen LogP contribution is -2.53. The number of aromatic amines is 1. The fourth-order valence-corrected chi connectivity index (χ4v) is 4.02. The first-order valence-corrected chi connectivity index (χ1v) is 9.56. The van der Waals surface area contributed by atoms with Crippen LogP contribution in [0.2, 0.25) is 0 Å². The molecule has 2 aromatic rings. The summed E-state index contributed by atoms with van der Waals surface area (Å²) in [7, 11) is 0. The van der Waals surface area contributed by atoms with Crippen LogP contribution < -0.4 is 14.8 Å². The van der Waals surface area contributed by atoms with Crippen molar-refractivity contribution in [3.8, 4) is 0 Å². The molecule has 5 heteroatoms. The van der Waals surface area contributed by atoms with Gasteiger partial charge in [-0.05, 0) is 37.5 Å². The van der Waals surface area contributed by atoms with E-state index in [0.29, 0.717) is 12.6 Å². The number of piperazine rings is 1. The van der Waals surface area contributed by atoms with Gasteiger partial charge in [0.15, 0.2) is 0 Å². The molecule has 3 heterocycles. The summed E-state index contributed by atoms with van der Waals surface area (Å²) in [6, 6.07) is 15.0. The molecule has 0 aliphatic carbocycles. The lowest BCUT2D eigenvalue weighted by molar-refractivity contribution is -0.364. The van der Waals surface area contributed by atoms with Gasteiger partial charge in [0.05, 0.1) is 25.8 Å². The van der Waals surface area contributed by atoms with Gasteiger partial charge in [0, 0.05) is 17.8 Å². The first-order valence-electron chi connectivity index (χ1n) is 9.56. The van der Waals surface area contributed by atoms with Crippen molar-refractivity contribution in [2.24, 2.45) is 0 Å². The number of hydrogen-bond donors (Lipinski definition) is 0. The number of benzene rings is 1. The maximum Gasteiger partial charge on any atom is 0.274 e. The summed E-state index contributed by atoms with van der Waals surface area (Å²) in [6.45, 7) is 6.02. The molecule has 0 saturated carbocycles. The minimum Gasteiger partial charge on any atom is -0.359 e. The number of rotatable bonds is 3. The number of carbonyl (C=O) groups excluding carboxylic acids is 1. The van der Waals surface area contributed by atoms with Crippen molar-refractivity contribution in [3.05, 3.63) is 54.2 Å². The van der Waals surface area contributed by atoms with Crippen LogP contribution in [-0.2, 0) is 11.2 Å². The molecule has 1 N–H and O–H groups in total. The molecule has 1 amide bonds. The number of aromatic nitrogens is 1. The minimum atomic E-state index is 0.241. The number of amides is 1. The number of pyridine rings is 1. The lowest BCUT2D eigenvalue weighted by atomic mass is 9.96. The van der Waals surface area contributed by atoms with Gasteiger partial charge in [0.2, 0.25) is 5.91 Å². The fourth-order valence-electron chi connectivity index (χ4n) is 4.02. The van der Waals surface area contributed by atoms with E-state index >= 15 is 0 Å². The third-order valence-corrected chi connectivity index (χ3v) is 5.64. The highest BCUT2D eigenvalue weighted by Crippen LogP contribution is 2.30. The average molecular weight is 351 g/mol. The molecule has 0 radical (unpaired) electrons. The second-order valence-electron chi connectivity index (χ2n) is 7.26. The van der Waals surface area contributed by atoms with Crippen LogP contribution in [0.5, 0.6) is 0 Å². The Morgan fingerprint density at radius 1 is 1.08 bits per heavy atom. The predicted octanol–water partition coefficient (Wildman–Crippen LogP) is 1.99. The van der Waals surface area contributed by atoms with Crippen LogP contribution in [0, 0.1) is 0 Å². The van der Waals surface area contributed by atoms with Crippen LogP contribution in [-0.4, -0.2) is 49.6 Å². The third-order valence-electron chi connectivity index (χ3n) is 5.64. The van der Waals surface area contributed by atoms with Gasteiger partial charge in [0.1, 0.15) is 13.1 Å². The molecule has 0 bridgehead atoms. The van der Waals surface area contributed by atoms with Crippen LogP contribution in [0.15, 0.2) is 48.7 Å². The molecular weight excluding hydrogens is 324 g/mol. The molecule has 1 aromatic carbocycles. The second kappa shape index (κ2) is 7.36. The summed E-state index contributed by atoms with van der Waals surface area (Å²) in [5.41, 5.74) is 2.60. The molecule has 1 atom stereocenters. The summed E-state index contributed by atoms with van der Waals surface area (Å²) in [4.78, 5) is 22.8. The van der Waals surface area contributed by atoms with Crippen molar-refractivity contribution in [1.82, 2.24) is 4.90 Å². The molecular formula is C21H27N4O+. The molecule has 5 nitrogen and oxygen atoms in total. The Morgan fingerprint density at radius 3 is 2.62 bits per heavy atom. The number of hydrogen-bond acceptors (Lipinski definition) is 3. The van der Waals surface area contributed by atoms with Crippen molar-refractivity contribution < 1.29 is 9.78 Å². The monoisotopic (exact) mass is 351 g/mol. The summed E-state index contributed by atoms with van der Waals surface area (Å²) in [6.07, 6.45) is 4.16. The molecule has 0 spiro atoms. The van der Waals surface area contributed by atoms with E-state index in [1.807, 2.05) is 23.2 Å². The van der Waals surface area contributed by atoms with Gasteiger partial charge in [-0.2, -0.15) is 0 Å². The highest BCUT2D eigenvalue weighted by Gasteiger charge is 2.29. The Hall–Kier alpha value is -2.56. The van der Waals surface area contributed by atoms with E-state index in [0.717, 1.165) is 44.8 Å². The van der Waals surface area contributed by atoms with Gasteiger partial charge in [0.25, 0.3) is 5.82 Å². The van der Waals surface area contributed by atoms with Crippen LogP contribution >= 0.6 is 0 Å². The maximum atomic E-state index is 12.9. The van der Waals surface area contributed by atoms with Gasteiger partial charge >= 0.3 is 0 Å². The molecule has 0 unspecified atom stereocenters. The Bertz CT molecular complexity index is 756. The summed E-state index contributed by atoms with van der Waals surface area (Å²) < 4.78 is 0. The molecule has 136 valence electrons. The number of H-pyrrole nitrogens is 1. The number of nitrogens with zero attached hydrogens (tertiary/aromatic N) is 3. The molecule has 4 rings (SSSR count). The van der Waals surface area contributed by atoms with Crippen LogP contribution in [0.3, 0.4) is 0 Å². The zero-order chi connectivity index (χ0) is 17.9. The zero-order valence-electron chi connectivity index (χ0n) is 15.4. The highest BCUT2D eigenvalue weighted by atomic mass is 16.2. The Labute approximate surface area is 155 Å². The Balaban J connectivity index is 1.39. The topological polar surface area (TPSA) is 40.9 Å². The first kappa shape index (κ1) is 16.9. The average Bonchev–Trinajstić information content (AvgIpc) is 2.71. The first-order chi connectivity index (χ1) is 12.7. The molecule has 1 aromatic heterocycles. The van der Waals surface area contributed by atoms with E-state index in [4.69, 9.17) is 0 Å². The normalized spacial score (nSPS) is 20.0. The second-order valence-corrected chi connectivity index (χ2v) is 7.26. The molecule has 26 heavy (non-hydrogen) atoms. The predicted molar refractivity (Wildman–Crippen MR) is 103 cm³/mol. The van der Waals surface area contributed by atoms with E-state index in [1.165, 1.54) is 11.3 Å². The molecule has 2 aliphatic heterocycles. The standard InChI is InChI=1S/C21H26N4O/c1-17-9-10-18-6-2-3-7-19(18)25(17)16-21(26)24-14-12-23(13-15-24)20-8-4-5-11-22-20/h2-8,11,17H,9-10,12-16H2,1H3/p+1/t17-/m1/s1. The van der Waals surface area contributed by atoms with E-state index in [9.17, 15) is 4.79 Å². The number of nitrogens with one attached hydrogen (secondary N) is 1. The molecule has 1 saturated heterocycles. The number of carbonyl (C=O) groups is 1. The molecule has 2 aliphatic rings. The van der Waals surface area contributed by atoms with E-state index in [2.05, 4.69) is 52.0 Å². The fraction of sp³-hybridized carbons (Fsp3) is 0.429. The van der Waals surface area contributed by atoms with Crippen molar-refractivity contribution in [1.29, 1.82) is 0 Å². The van der Waals surface area contributed by atoms with E-state index < -0.39 is 0 Å². The van der Waals surface area contributed by atoms with E-state index in [1.54, 1.807) is 0 Å². The van der Waals surface area contributed by atoms with Crippen molar-refractivity contribution in [3.63, 3.8) is 0 Å². The maximum absolute atomic E-state index is 12.9. The summed E-state index contributed by atoms with van der Waals surface area (Å²) >= 11 is 0. The summed E-state index contributed by atoms with van der Waals surface area (Å²) in [5, 5.41) is 0. The van der Waals surface area contributed by atoms with Crippen LogP contribution in [0.25, 0.3) is 0 Å². The quantitative estimate of drug-likeness (QED) is 0.849. The Kier molecular flexibility index (Phi) is 4.78. The minimum absolute atomic E-state index is 0.241. The number of aryl methyl sites for hydroxylation is 1. The zero-order valence-corrected chi connectivity index (χ0v) is 15.4.